The molecule has 0 heteroatoms. The Morgan fingerprint density at radius 1 is 1.13 bits per heavy atom. The van der Waals surface area contributed by atoms with Crippen LogP contribution in [-0.4, -0.2) is 0 Å². The maximum Gasteiger partial charge on any atom is -0.0254 e. The monoisotopic (exact) mass is 196 g/mol. The third-order valence-electron chi connectivity index (χ3n) is 2.63. The molecule has 0 saturated heterocycles. The maximum atomic E-state index is 2.31. The molecular weight excluding hydrogens is 180 g/mol. The molecule has 0 N–H and O–H groups in total. The van der Waals surface area contributed by atoms with E-state index in [1.54, 1.807) is 0 Å². The van der Waals surface area contributed by atoms with E-state index in [0.717, 1.165) is 0 Å². The van der Waals surface area contributed by atoms with Crippen LogP contribution >= 0.6 is 0 Å². The van der Waals surface area contributed by atoms with Crippen molar-refractivity contribution in [2.45, 2.75) is 19.8 Å². The van der Waals surface area contributed by atoms with E-state index < -0.39 is 0 Å². The van der Waals surface area contributed by atoms with Gasteiger partial charge in [0, 0.05) is 0 Å². The molecular formula is C15H16. The number of allylic oxidation sites excluding steroid dienone is 5. The summed E-state index contributed by atoms with van der Waals surface area (Å²) < 4.78 is 0. The fourth-order valence-electron chi connectivity index (χ4n) is 1.79. The summed E-state index contributed by atoms with van der Waals surface area (Å²) >= 11 is 0. The standard InChI is InChI=1S/C15H16/c1-13(15-10-6-3-7-11-15)12-14-8-4-2-5-9-14/h2,4-6,8-12H,3,7H2,1H3/b13-12-. The van der Waals surface area contributed by atoms with Gasteiger partial charge in [-0.15, -0.1) is 0 Å². The lowest BCUT2D eigenvalue weighted by molar-refractivity contribution is 1.02. The first-order valence-electron chi connectivity index (χ1n) is 5.47. The highest BCUT2D eigenvalue weighted by molar-refractivity contribution is 5.60. The molecule has 0 unspecified atom stereocenters. The third-order valence-corrected chi connectivity index (χ3v) is 2.63. The molecule has 0 heterocycles. The van der Waals surface area contributed by atoms with Crippen LogP contribution in [0.3, 0.4) is 0 Å². The largest absolute Gasteiger partial charge is 0.0836 e. The molecule has 0 nitrogen and oxygen atoms in total. The highest BCUT2D eigenvalue weighted by Crippen LogP contribution is 2.19. The summed E-state index contributed by atoms with van der Waals surface area (Å²) in [6.45, 7) is 2.18. The van der Waals surface area contributed by atoms with Crippen molar-refractivity contribution in [2.24, 2.45) is 0 Å². The summed E-state index contributed by atoms with van der Waals surface area (Å²) in [5, 5.41) is 0. The lowest BCUT2D eigenvalue weighted by Crippen LogP contribution is -1.86. The highest BCUT2D eigenvalue weighted by atomic mass is 14.0. The summed E-state index contributed by atoms with van der Waals surface area (Å²) in [6, 6.07) is 10.5. The van der Waals surface area contributed by atoms with Crippen molar-refractivity contribution in [3.05, 3.63) is 65.3 Å². The second kappa shape index (κ2) is 4.79. The number of benzene rings is 1. The minimum Gasteiger partial charge on any atom is -0.0836 e. The average Bonchev–Trinajstić information content (AvgIpc) is 2.31. The van der Waals surface area contributed by atoms with Crippen LogP contribution in [0.5, 0.6) is 0 Å². The van der Waals surface area contributed by atoms with Crippen molar-refractivity contribution in [3.8, 4) is 0 Å². The lowest BCUT2D eigenvalue weighted by Gasteiger charge is -2.07. The van der Waals surface area contributed by atoms with Crippen molar-refractivity contribution in [2.75, 3.05) is 0 Å². The molecule has 0 radical (unpaired) electrons. The lowest BCUT2D eigenvalue weighted by atomic mass is 9.99. The number of rotatable bonds is 2. The van der Waals surface area contributed by atoms with E-state index in [1.807, 2.05) is 6.07 Å². The van der Waals surface area contributed by atoms with Gasteiger partial charge >= 0.3 is 0 Å². The molecule has 1 aliphatic rings. The number of hydrogen-bond donors (Lipinski definition) is 0. The van der Waals surface area contributed by atoms with Crippen molar-refractivity contribution >= 4 is 6.08 Å². The summed E-state index contributed by atoms with van der Waals surface area (Å²) in [6.07, 6.45) is 11.4. The predicted octanol–water partition coefficient (Wildman–Crippen LogP) is 4.37. The van der Waals surface area contributed by atoms with E-state index >= 15 is 0 Å². The Kier molecular flexibility index (Phi) is 3.18. The molecule has 2 rings (SSSR count). The molecule has 0 fully saturated rings. The Hall–Kier alpha value is -1.56. The molecule has 76 valence electrons. The van der Waals surface area contributed by atoms with E-state index in [1.165, 1.54) is 29.6 Å². The molecule has 0 aromatic heterocycles. The van der Waals surface area contributed by atoms with Crippen LogP contribution in [-0.2, 0) is 0 Å². The Balaban J connectivity index is 2.20. The summed E-state index contributed by atoms with van der Waals surface area (Å²) in [7, 11) is 0. The Morgan fingerprint density at radius 2 is 1.93 bits per heavy atom. The normalized spacial score (nSPS) is 16.3. The van der Waals surface area contributed by atoms with Gasteiger partial charge in [0.1, 0.15) is 0 Å². The molecule has 0 amide bonds. The van der Waals surface area contributed by atoms with Gasteiger partial charge in [-0.1, -0.05) is 54.6 Å². The molecule has 1 aromatic rings. The van der Waals surface area contributed by atoms with Gasteiger partial charge in [-0.25, -0.2) is 0 Å². The van der Waals surface area contributed by atoms with Gasteiger partial charge < -0.3 is 0 Å². The zero-order valence-corrected chi connectivity index (χ0v) is 9.11. The van der Waals surface area contributed by atoms with Gasteiger partial charge in [0.15, 0.2) is 0 Å². The van der Waals surface area contributed by atoms with Crippen LogP contribution in [0.2, 0.25) is 0 Å². The van der Waals surface area contributed by atoms with Crippen molar-refractivity contribution < 1.29 is 0 Å². The molecule has 0 saturated carbocycles. The summed E-state index contributed by atoms with van der Waals surface area (Å²) in [4.78, 5) is 0. The first kappa shape index (κ1) is 9.97. The Labute approximate surface area is 91.6 Å². The predicted molar refractivity (Wildman–Crippen MR) is 66.6 cm³/mol. The second-order valence-electron chi connectivity index (χ2n) is 3.88. The van der Waals surface area contributed by atoms with Crippen LogP contribution < -0.4 is 0 Å². The molecule has 0 aliphatic heterocycles. The highest BCUT2D eigenvalue weighted by Gasteiger charge is 1.99. The SMILES string of the molecule is C/C(=C/c1ccccc1)C1=CCCC=C1. The van der Waals surface area contributed by atoms with Gasteiger partial charge in [-0.3, -0.25) is 0 Å². The van der Waals surface area contributed by atoms with E-state index in [2.05, 4.69) is 55.5 Å². The Morgan fingerprint density at radius 3 is 2.60 bits per heavy atom. The minimum absolute atomic E-state index is 1.17. The van der Waals surface area contributed by atoms with Crippen molar-refractivity contribution in [1.82, 2.24) is 0 Å². The minimum atomic E-state index is 1.17. The van der Waals surface area contributed by atoms with Crippen LogP contribution in [0.15, 0.2) is 59.7 Å². The van der Waals surface area contributed by atoms with E-state index in [9.17, 15) is 0 Å². The third kappa shape index (κ3) is 2.69. The van der Waals surface area contributed by atoms with Crippen LogP contribution in [0, 0.1) is 0 Å². The van der Waals surface area contributed by atoms with Gasteiger partial charge in [0.2, 0.25) is 0 Å². The molecule has 1 aliphatic carbocycles. The molecule has 15 heavy (non-hydrogen) atoms. The fourth-order valence-corrected chi connectivity index (χ4v) is 1.79. The molecule has 0 atom stereocenters. The molecule has 0 bridgehead atoms. The Bertz CT molecular complexity index is 405. The molecule has 0 spiro atoms. The van der Waals surface area contributed by atoms with E-state index in [-0.39, 0.29) is 0 Å². The quantitative estimate of drug-likeness (QED) is 0.659. The molecule has 1 aromatic carbocycles. The van der Waals surface area contributed by atoms with Gasteiger partial charge in [-0.05, 0) is 36.5 Å². The average molecular weight is 196 g/mol. The first-order chi connectivity index (χ1) is 7.36. The van der Waals surface area contributed by atoms with Crippen molar-refractivity contribution in [3.63, 3.8) is 0 Å². The topological polar surface area (TPSA) is 0 Å². The fraction of sp³-hybridized carbons (Fsp3) is 0.200. The smallest absolute Gasteiger partial charge is 0.0254 e. The van der Waals surface area contributed by atoms with Crippen LogP contribution in [0.1, 0.15) is 25.3 Å². The number of hydrogen-bond acceptors (Lipinski definition) is 0. The zero-order valence-electron chi connectivity index (χ0n) is 9.11. The van der Waals surface area contributed by atoms with Gasteiger partial charge in [0.25, 0.3) is 0 Å². The van der Waals surface area contributed by atoms with Crippen molar-refractivity contribution in [1.29, 1.82) is 0 Å². The van der Waals surface area contributed by atoms with Gasteiger partial charge in [-0.2, -0.15) is 0 Å². The second-order valence-corrected chi connectivity index (χ2v) is 3.88. The first-order valence-corrected chi connectivity index (χ1v) is 5.47. The van der Waals surface area contributed by atoms with Crippen LogP contribution in [0.4, 0.5) is 0 Å². The van der Waals surface area contributed by atoms with E-state index in [0.29, 0.717) is 0 Å². The summed E-state index contributed by atoms with van der Waals surface area (Å²) in [5.41, 5.74) is 3.98. The summed E-state index contributed by atoms with van der Waals surface area (Å²) in [5.74, 6) is 0. The maximum absolute atomic E-state index is 2.31. The van der Waals surface area contributed by atoms with Gasteiger partial charge in [0.05, 0.1) is 0 Å². The zero-order chi connectivity index (χ0) is 10.5. The van der Waals surface area contributed by atoms with Crippen LogP contribution in [0.25, 0.3) is 6.08 Å². The van der Waals surface area contributed by atoms with E-state index in [4.69, 9.17) is 0 Å².